The number of amides is 1. The van der Waals surface area contributed by atoms with Gasteiger partial charge in [-0.3, -0.25) is 4.79 Å². The van der Waals surface area contributed by atoms with Crippen LogP contribution in [0.2, 0.25) is 0 Å². The number of hydrogen-bond acceptors (Lipinski definition) is 2. The van der Waals surface area contributed by atoms with Crippen LogP contribution in [0.25, 0.3) is 6.08 Å². The van der Waals surface area contributed by atoms with Gasteiger partial charge < -0.3 is 14.2 Å². The largest absolute Gasteiger partial charge is 0.465 e. The zero-order valence-electron chi connectivity index (χ0n) is 15.8. The number of rotatable bonds is 5. The zero-order valence-corrected chi connectivity index (χ0v) is 15.8. The van der Waals surface area contributed by atoms with Crippen LogP contribution in [0.15, 0.2) is 89.6 Å². The molecule has 28 heavy (non-hydrogen) atoms. The van der Waals surface area contributed by atoms with E-state index in [1.54, 1.807) is 18.4 Å². The predicted molar refractivity (Wildman–Crippen MR) is 110 cm³/mol. The molecule has 0 saturated carbocycles. The van der Waals surface area contributed by atoms with Crippen molar-refractivity contribution in [3.63, 3.8) is 0 Å². The summed E-state index contributed by atoms with van der Waals surface area (Å²) in [5, 5.41) is 0. The van der Waals surface area contributed by atoms with Crippen molar-refractivity contribution in [3.8, 4) is 0 Å². The van der Waals surface area contributed by atoms with Crippen LogP contribution in [0.3, 0.4) is 0 Å². The van der Waals surface area contributed by atoms with Gasteiger partial charge in [-0.1, -0.05) is 60.7 Å². The molecular weight excluding hydrogens is 348 g/mol. The van der Waals surface area contributed by atoms with E-state index < -0.39 is 0 Å². The Labute approximate surface area is 165 Å². The molecule has 2 heterocycles. The quantitative estimate of drug-likeness (QED) is 0.699. The van der Waals surface area contributed by atoms with Crippen LogP contribution < -0.4 is 4.90 Å². The van der Waals surface area contributed by atoms with Crippen molar-refractivity contribution in [1.29, 1.82) is 0 Å². The summed E-state index contributed by atoms with van der Waals surface area (Å²) in [6.45, 7) is 3.36. The second kappa shape index (κ2) is 8.72. The van der Waals surface area contributed by atoms with Crippen LogP contribution in [0.4, 0.5) is 0 Å². The first-order valence-corrected chi connectivity index (χ1v) is 9.76. The van der Waals surface area contributed by atoms with Gasteiger partial charge >= 0.3 is 0 Å². The van der Waals surface area contributed by atoms with Gasteiger partial charge in [0.15, 0.2) is 0 Å². The minimum Gasteiger partial charge on any atom is -0.465 e. The lowest BCUT2D eigenvalue weighted by Gasteiger charge is -2.36. The summed E-state index contributed by atoms with van der Waals surface area (Å²) in [6, 6.07) is 25.3. The fourth-order valence-electron chi connectivity index (χ4n) is 3.90. The third kappa shape index (κ3) is 4.24. The van der Waals surface area contributed by atoms with Gasteiger partial charge in [0.1, 0.15) is 11.8 Å². The Morgan fingerprint density at radius 1 is 0.893 bits per heavy atom. The fraction of sp³-hybridized carbons (Fsp3) is 0.208. The molecule has 0 atom stereocenters. The first-order valence-electron chi connectivity index (χ1n) is 9.76. The lowest BCUT2D eigenvalue weighted by Crippen LogP contribution is -3.15. The van der Waals surface area contributed by atoms with Gasteiger partial charge in [0.05, 0.1) is 32.4 Å². The van der Waals surface area contributed by atoms with Crippen molar-refractivity contribution in [1.82, 2.24) is 4.90 Å². The summed E-state index contributed by atoms with van der Waals surface area (Å²) in [6.07, 6.45) is 4.95. The number of benzene rings is 2. The number of nitrogens with zero attached hydrogens (tertiary/aromatic N) is 1. The number of quaternary nitrogens is 1. The first kappa shape index (κ1) is 18.3. The molecule has 3 aromatic rings. The maximum absolute atomic E-state index is 12.5. The summed E-state index contributed by atoms with van der Waals surface area (Å²) in [5.74, 6) is 0.747. The Kier molecular flexibility index (Phi) is 5.69. The molecule has 1 aliphatic rings. The molecule has 4 nitrogen and oxygen atoms in total. The highest BCUT2D eigenvalue weighted by Gasteiger charge is 2.30. The van der Waals surface area contributed by atoms with Crippen LogP contribution in [-0.4, -0.2) is 37.0 Å². The normalized spacial score (nSPS) is 15.4. The first-order chi connectivity index (χ1) is 13.8. The van der Waals surface area contributed by atoms with Crippen LogP contribution >= 0.6 is 0 Å². The summed E-state index contributed by atoms with van der Waals surface area (Å²) in [4.78, 5) is 15.9. The van der Waals surface area contributed by atoms with E-state index in [1.165, 1.54) is 16.0 Å². The molecule has 0 radical (unpaired) electrons. The highest BCUT2D eigenvalue weighted by Crippen LogP contribution is 2.19. The van der Waals surface area contributed by atoms with Gasteiger partial charge in [-0.05, 0) is 18.2 Å². The Bertz CT molecular complexity index is 857. The van der Waals surface area contributed by atoms with Gasteiger partial charge in [-0.15, -0.1) is 0 Å². The molecule has 0 spiro atoms. The van der Waals surface area contributed by atoms with Gasteiger partial charge in [0.2, 0.25) is 5.91 Å². The second-order valence-electron chi connectivity index (χ2n) is 7.09. The molecule has 1 saturated heterocycles. The molecule has 1 aliphatic heterocycles. The smallest absolute Gasteiger partial charge is 0.247 e. The Morgan fingerprint density at radius 2 is 1.50 bits per heavy atom. The monoisotopic (exact) mass is 373 g/mol. The Balaban J connectivity index is 1.45. The molecule has 142 valence electrons. The standard InChI is InChI=1S/C24H24N2O2/c27-23(14-13-22-12-7-19-28-22)25-15-17-26(18-16-25)24(20-8-3-1-4-9-20)21-10-5-2-6-11-21/h1-14,19,24H,15-18H2/p+1/b14-13+. The van der Waals surface area contributed by atoms with E-state index in [0.717, 1.165) is 26.2 Å². The van der Waals surface area contributed by atoms with Crippen molar-refractivity contribution in [2.75, 3.05) is 26.2 Å². The zero-order chi connectivity index (χ0) is 19.2. The summed E-state index contributed by atoms with van der Waals surface area (Å²) in [5.41, 5.74) is 2.64. The summed E-state index contributed by atoms with van der Waals surface area (Å²) in [7, 11) is 0. The van der Waals surface area contributed by atoms with E-state index >= 15 is 0 Å². The average molecular weight is 373 g/mol. The van der Waals surface area contributed by atoms with E-state index in [1.807, 2.05) is 17.0 Å². The van der Waals surface area contributed by atoms with E-state index in [2.05, 4.69) is 60.7 Å². The van der Waals surface area contributed by atoms with Crippen LogP contribution in [-0.2, 0) is 4.79 Å². The highest BCUT2D eigenvalue weighted by molar-refractivity contribution is 5.91. The van der Waals surface area contributed by atoms with E-state index in [-0.39, 0.29) is 5.91 Å². The van der Waals surface area contributed by atoms with Gasteiger partial charge in [0, 0.05) is 17.2 Å². The highest BCUT2D eigenvalue weighted by atomic mass is 16.3. The predicted octanol–water partition coefficient (Wildman–Crippen LogP) is 2.81. The topological polar surface area (TPSA) is 37.9 Å². The van der Waals surface area contributed by atoms with E-state index in [4.69, 9.17) is 4.42 Å². The van der Waals surface area contributed by atoms with Crippen LogP contribution in [0, 0.1) is 0 Å². The molecule has 1 amide bonds. The molecule has 1 N–H and O–H groups in total. The molecule has 2 aromatic carbocycles. The van der Waals surface area contributed by atoms with Crippen molar-refractivity contribution in [2.45, 2.75) is 6.04 Å². The van der Waals surface area contributed by atoms with Crippen molar-refractivity contribution >= 4 is 12.0 Å². The molecule has 0 aliphatic carbocycles. The SMILES string of the molecule is O=C(/C=C/c1ccco1)N1CC[NH+](C(c2ccccc2)c2ccccc2)CC1. The third-order valence-electron chi connectivity index (χ3n) is 5.32. The third-order valence-corrected chi connectivity index (χ3v) is 5.32. The number of piperazine rings is 1. The van der Waals surface area contributed by atoms with Crippen LogP contribution in [0.5, 0.6) is 0 Å². The Morgan fingerprint density at radius 3 is 2.04 bits per heavy atom. The average Bonchev–Trinajstić information content (AvgIpc) is 3.28. The number of hydrogen-bond donors (Lipinski definition) is 1. The number of nitrogens with one attached hydrogen (secondary N) is 1. The molecule has 0 unspecified atom stereocenters. The number of furan rings is 1. The van der Waals surface area contributed by atoms with Gasteiger partial charge in [-0.2, -0.15) is 0 Å². The minimum absolute atomic E-state index is 0.0476. The fourth-order valence-corrected chi connectivity index (χ4v) is 3.90. The van der Waals surface area contributed by atoms with Gasteiger partial charge in [-0.25, -0.2) is 0 Å². The summed E-state index contributed by atoms with van der Waals surface area (Å²) >= 11 is 0. The number of carbonyl (C=O) groups is 1. The maximum atomic E-state index is 12.5. The number of carbonyl (C=O) groups excluding carboxylic acids is 1. The lowest BCUT2D eigenvalue weighted by atomic mass is 9.96. The minimum atomic E-state index is 0.0476. The van der Waals surface area contributed by atoms with Crippen molar-refractivity contribution in [2.24, 2.45) is 0 Å². The molecule has 4 heteroatoms. The molecule has 1 fully saturated rings. The van der Waals surface area contributed by atoms with Gasteiger partial charge in [0.25, 0.3) is 0 Å². The van der Waals surface area contributed by atoms with Crippen LogP contribution in [0.1, 0.15) is 22.9 Å². The molecule has 4 rings (SSSR count). The molecule has 1 aromatic heterocycles. The second-order valence-corrected chi connectivity index (χ2v) is 7.09. The van der Waals surface area contributed by atoms with E-state index in [9.17, 15) is 4.79 Å². The lowest BCUT2D eigenvalue weighted by molar-refractivity contribution is -0.929. The Hall–Kier alpha value is -3.11. The molecular formula is C24H25N2O2+. The van der Waals surface area contributed by atoms with Crippen molar-refractivity contribution in [3.05, 3.63) is 102 Å². The maximum Gasteiger partial charge on any atom is 0.247 e. The summed E-state index contributed by atoms with van der Waals surface area (Å²) < 4.78 is 5.26. The van der Waals surface area contributed by atoms with Crippen molar-refractivity contribution < 1.29 is 14.1 Å². The van der Waals surface area contributed by atoms with E-state index in [0.29, 0.717) is 11.8 Å². The molecule has 0 bridgehead atoms.